The summed E-state index contributed by atoms with van der Waals surface area (Å²) in [5.41, 5.74) is 3.66. The lowest BCUT2D eigenvalue weighted by molar-refractivity contribution is 0.132. The Hall–Kier alpha value is -1.18. The number of fused-ring (bicyclic) bond motifs is 2. The molecule has 26 heavy (non-hydrogen) atoms. The average Bonchev–Trinajstić information content (AvgIpc) is 2.67. The molecule has 3 aliphatic rings. The Balaban J connectivity index is 1.48. The number of rotatable bonds is 3. The van der Waals surface area contributed by atoms with E-state index < -0.39 is 0 Å². The van der Waals surface area contributed by atoms with Gasteiger partial charge in [0.05, 0.1) is 6.33 Å². The Kier molecular flexibility index (Phi) is 5.47. The third kappa shape index (κ3) is 3.62. The number of aryl methyl sites for hydroxylation is 1. The van der Waals surface area contributed by atoms with Gasteiger partial charge in [-0.1, -0.05) is 25.5 Å². The highest BCUT2D eigenvalue weighted by Crippen LogP contribution is 2.48. The normalized spacial score (nSPS) is 34.5. The molecule has 2 fully saturated rings. The second-order valence-electron chi connectivity index (χ2n) is 9.08. The van der Waals surface area contributed by atoms with Crippen molar-refractivity contribution in [2.75, 3.05) is 0 Å². The molecule has 1 aromatic rings. The van der Waals surface area contributed by atoms with Crippen LogP contribution in [-0.4, -0.2) is 0 Å². The highest BCUT2D eigenvalue weighted by molar-refractivity contribution is 5.37. The SMILES string of the molecule is CCC1CCc2cc(C3CCC4CC(/C=C/F)CCC4C3)c(F)cc2C1. The van der Waals surface area contributed by atoms with Gasteiger partial charge in [0.1, 0.15) is 5.82 Å². The second kappa shape index (κ2) is 7.82. The van der Waals surface area contributed by atoms with Crippen molar-refractivity contribution >= 4 is 0 Å². The van der Waals surface area contributed by atoms with Crippen LogP contribution in [0.1, 0.15) is 80.9 Å². The first-order valence-corrected chi connectivity index (χ1v) is 10.8. The summed E-state index contributed by atoms with van der Waals surface area (Å²) in [6, 6.07) is 4.08. The predicted octanol–water partition coefficient (Wildman–Crippen LogP) is 7.12. The highest BCUT2D eigenvalue weighted by Gasteiger charge is 2.36. The molecule has 0 bridgehead atoms. The van der Waals surface area contributed by atoms with Gasteiger partial charge >= 0.3 is 0 Å². The van der Waals surface area contributed by atoms with Crippen molar-refractivity contribution < 1.29 is 8.78 Å². The minimum absolute atomic E-state index is 0.0398. The van der Waals surface area contributed by atoms with Gasteiger partial charge in [-0.3, -0.25) is 0 Å². The molecule has 142 valence electrons. The van der Waals surface area contributed by atoms with Gasteiger partial charge in [-0.15, -0.1) is 0 Å². The molecule has 0 heterocycles. The van der Waals surface area contributed by atoms with E-state index in [0.29, 0.717) is 23.7 Å². The average molecular weight is 359 g/mol. The summed E-state index contributed by atoms with van der Waals surface area (Å²) >= 11 is 0. The highest BCUT2D eigenvalue weighted by atomic mass is 19.1. The Morgan fingerprint density at radius 2 is 1.81 bits per heavy atom. The summed E-state index contributed by atoms with van der Waals surface area (Å²) in [4.78, 5) is 0. The van der Waals surface area contributed by atoms with Crippen molar-refractivity contribution in [2.45, 2.75) is 77.0 Å². The molecule has 2 saturated carbocycles. The summed E-state index contributed by atoms with van der Waals surface area (Å²) < 4.78 is 27.4. The topological polar surface area (TPSA) is 0 Å². The summed E-state index contributed by atoms with van der Waals surface area (Å²) in [6.45, 7) is 2.25. The molecular weight excluding hydrogens is 326 g/mol. The van der Waals surface area contributed by atoms with Crippen LogP contribution in [0.25, 0.3) is 0 Å². The lowest BCUT2D eigenvalue weighted by atomic mass is 9.63. The quantitative estimate of drug-likeness (QED) is 0.539. The van der Waals surface area contributed by atoms with Crippen molar-refractivity contribution in [1.29, 1.82) is 0 Å². The van der Waals surface area contributed by atoms with Crippen LogP contribution in [0.2, 0.25) is 0 Å². The van der Waals surface area contributed by atoms with Crippen LogP contribution < -0.4 is 0 Å². The number of hydrogen-bond donors (Lipinski definition) is 0. The third-order valence-corrected chi connectivity index (χ3v) is 7.67. The molecule has 0 amide bonds. The van der Waals surface area contributed by atoms with Crippen LogP contribution in [0.15, 0.2) is 24.5 Å². The molecule has 0 aliphatic heterocycles. The molecule has 3 aliphatic carbocycles. The Morgan fingerprint density at radius 3 is 2.62 bits per heavy atom. The largest absolute Gasteiger partial charge is 0.216 e. The van der Waals surface area contributed by atoms with Crippen molar-refractivity contribution in [2.24, 2.45) is 23.7 Å². The van der Waals surface area contributed by atoms with E-state index in [2.05, 4.69) is 13.0 Å². The van der Waals surface area contributed by atoms with Crippen molar-refractivity contribution in [3.63, 3.8) is 0 Å². The first-order chi connectivity index (χ1) is 12.7. The van der Waals surface area contributed by atoms with E-state index in [1.165, 1.54) is 36.8 Å². The standard InChI is InChI=1S/C24H32F2/c1-2-16-3-5-20-14-23(24(26)15-22(20)11-16)21-8-7-18-12-17(9-10-25)4-6-19(18)13-21/h9-10,14-19,21H,2-8,11-13H2,1H3/b10-9+. The fraction of sp³-hybridized carbons (Fsp3) is 0.667. The van der Waals surface area contributed by atoms with E-state index in [9.17, 15) is 8.78 Å². The Bertz CT molecular complexity index is 662. The lowest BCUT2D eigenvalue weighted by Crippen LogP contribution is -2.30. The fourth-order valence-corrected chi connectivity index (χ4v) is 6.02. The maximum atomic E-state index is 14.9. The molecule has 0 saturated heterocycles. The van der Waals surface area contributed by atoms with Crippen molar-refractivity contribution in [3.05, 3.63) is 47.0 Å². The molecule has 5 atom stereocenters. The van der Waals surface area contributed by atoms with E-state index in [4.69, 9.17) is 0 Å². The lowest BCUT2D eigenvalue weighted by Gasteiger charge is -2.42. The van der Waals surface area contributed by atoms with Gasteiger partial charge in [0.2, 0.25) is 0 Å². The van der Waals surface area contributed by atoms with E-state index >= 15 is 0 Å². The molecule has 0 nitrogen and oxygen atoms in total. The van der Waals surface area contributed by atoms with E-state index in [1.54, 1.807) is 6.08 Å². The summed E-state index contributed by atoms with van der Waals surface area (Å²) in [5.74, 6) is 3.00. The fourth-order valence-electron chi connectivity index (χ4n) is 6.02. The summed E-state index contributed by atoms with van der Waals surface area (Å²) in [6.07, 6.45) is 13.9. The monoisotopic (exact) mass is 358 g/mol. The molecule has 1 aromatic carbocycles. The van der Waals surface area contributed by atoms with Gasteiger partial charge in [0, 0.05) is 0 Å². The van der Waals surface area contributed by atoms with Crippen LogP contribution in [-0.2, 0) is 12.8 Å². The van der Waals surface area contributed by atoms with Gasteiger partial charge in [0.15, 0.2) is 0 Å². The zero-order valence-electron chi connectivity index (χ0n) is 16.0. The predicted molar refractivity (Wildman–Crippen MR) is 103 cm³/mol. The van der Waals surface area contributed by atoms with Gasteiger partial charge in [0.25, 0.3) is 0 Å². The molecule has 2 heteroatoms. The van der Waals surface area contributed by atoms with Gasteiger partial charge in [-0.25, -0.2) is 8.78 Å². The first kappa shape index (κ1) is 18.2. The van der Waals surface area contributed by atoms with Gasteiger partial charge in [-0.2, -0.15) is 0 Å². The zero-order chi connectivity index (χ0) is 18.1. The Labute approximate surface area is 157 Å². The van der Waals surface area contributed by atoms with E-state index in [0.717, 1.165) is 56.3 Å². The zero-order valence-corrected chi connectivity index (χ0v) is 16.0. The number of halogens is 2. The van der Waals surface area contributed by atoms with Crippen molar-refractivity contribution in [3.8, 4) is 0 Å². The Morgan fingerprint density at radius 1 is 1.00 bits per heavy atom. The molecule has 0 spiro atoms. The van der Waals surface area contributed by atoms with E-state index in [1.807, 2.05) is 6.07 Å². The third-order valence-electron chi connectivity index (χ3n) is 7.67. The first-order valence-electron chi connectivity index (χ1n) is 10.8. The van der Waals surface area contributed by atoms with Crippen LogP contribution in [0.3, 0.4) is 0 Å². The molecule has 5 unspecified atom stereocenters. The number of allylic oxidation sites excluding steroid dienone is 1. The molecule has 0 radical (unpaired) electrons. The number of benzene rings is 1. The van der Waals surface area contributed by atoms with Crippen LogP contribution in [0.5, 0.6) is 0 Å². The summed E-state index contributed by atoms with van der Waals surface area (Å²) in [5, 5.41) is 0. The van der Waals surface area contributed by atoms with Crippen LogP contribution in [0, 0.1) is 29.5 Å². The van der Waals surface area contributed by atoms with Crippen LogP contribution in [0.4, 0.5) is 8.78 Å². The van der Waals surface area contributed by atoms with Crippen molar-refractivity contribution in [1.82, 2.24) is 0 Å². The molecule has 0 N–H and O–H groups in total. The molecule has 4 rings (SSSR count). The second-order valence-corrected chi connectivity index (χ2v) is 9.08. The van der Waals surface area contributed by atoms with Gasteiger partial charge in [-0.05, 0) is 110 Å². The minimum atomic E-state index is 0.0398. The maximum Gasteiger partial charge on any atom is 0.126 e. The van der Waals surface area contributed by atoms with Gasteiger partial charge < -0.3 is 0 Å². The maximum absolute atomic E-state index is 14.9. The molecule has 0 aromatic heterocycles. The molecular formula is C24H32F2. The minimum Gasteiger partial charge on any atom is -0.216 e. The number of hydrogen-bond acceptors (Lipinski definition) is 0. The van der Waals surface area contributed by atoms with E-state index in [-0.39, 0.29) is 5.82 Å². The smallest absolute Gasteiger partial charge is 0.126 e. The summed E-state index contributed by atoms with van der Waals surface area (Å²) in [7, 11) is 0. The van der Waals surface area contributed by atoms with Crippen LogP contribution >= 0.6 is 0 Å².